The van der Waals surface area contributed by atoms with E-state index in [4.69, 9.17) is 20.2 Å². The third-order valence-corrected chi connectivity index (χ3v) is 15.2. The van der Waals surface area contributed by atoms with Crippen LogP contribution in [0.25, 0.3) is 11.3 Å². The van der Waals surface area contributed by atoms with Crippen LogP contribution in [-0.4, -0.2) is 141 Å². The number of nitrogens with zero attached hydrogens (tertiary/aromatic N) is 5. The van der Waals surface area contributed by atoms with Crippen molar-refractivity contribution in [1.82, 2.24) is 34.9 Å². The van der Waals surface area contributed by atoms with Gasteiger partial charge in [0.2, 0.25) is 11.8 Å². The second kappa shape index (κ2) is 29.9. The van der Waals surface area contributed by atoms with Crippen LogP contribution in [0.4, 0.5) is 28.4 Å². The second-order valence-corrected chi connectivity index (χ2v) is 21.8. The lowest BCUT2D eigenvalue weighted by molar-refractivity contribution is -0.145. The number of unbranched alkanes of at least 4 members (excludes halogenated alkanes) is 2. The standard InChI is InChI=1S/C60H74F3N9O11/c1-37(2)54(68-51(75)14-8-5-9-26-71-52(76)21-22-53(71)77)50(74)29-42(13-10-25-65-59(64)80)57(78)66-45-18-15-40(16-19-45)36-83-60(81)70-32-43(48(63)34-70)33-72(58(79)38(3)73)55(41-23-27-82-28-24-41)56-67-49(46-30-44(61)17-20-47(46)62)35-69(56)31-39-11-6-4-7-12-39/h4,6-7,11-12,15-22,30,35,37-38,41-43,48,54-55,73H,5,8-10,13-14,23-29,31-34,36H2,1-3H3,(H,66,78)(H,68,75)(H3,64,65,80)/t38-,42+,43+,48+,54-,55+/m0/s1. The van der Waals surface area contributed by atoms with Crippen LogP contribution in [0, 0.1) is 35.3 Å². The fourth-order valence-corrected chi connectivity index (χ4v) is 10.7. The fraction of sp³-hybridized carbons (Fsp3) is 0.483. The number of rotatable bonds is 28. The SMILES string of the molecule is CC(C)[C@H](NC(=O)CCCCCN1C(=O)C=CC1=O)C(=O)C[C@@H](CCCNC(N)=O)C(=O)Nc1ccc(COC(=O)N2C[C@H](CN(C(=O)[C@H](C)O)[C@@H](c3nc(-c4cc(F)ccc4F)cn3Cc3ccccc3)C3CCOCC3)[C@H](F)C2)cc1. The number of imide groups is 1. The molecule has 8 amide bonds. The number of aliphatic hydroxyl groups is 1. The summed E-state index contributed by atoms with van der Waals surface area (Å²) in [5.74, 6) is -6.17. The van der Waals surface area contributed by atoms with E-state index in [1.165, 1.54) is 28.9 Å². The summed E-state index contributed by atoms with van der Waals surface area (Å²) in [4.78, 5) is 112. The molecule has 23 heteroatoms. The minimum Gasteiger partial charge on any atom is -0.445 e. The van der Waals surface area contributed by atoms with Gasteiger partial charge in [-0.05, 0) is 98.7 Å². The van der Waals surface area contributed by atoms with E-state index in [9.17, 15) is 47.9 Å². The van der Waals surface area contributed by atoms with Gasteiger partial charge in [0.05, 0.1) is 24.3 Å². The molecule has 6 N–H and O–H groups in total. The van der Waals surface area contributed by atoms with Crippen LogP contribution in [0.5, 0.6) is 0 Å². The number of halogens is 3. The molecule has 20 nitrogen and oxygen atoms in total. The Kier molecular flexibility index (Phi) is 22.6. The Bertz CT molecular complexity index is 2940. The predicted molar refractivity (Wildman–Crippen MR) is 299 cm³/mol. The highest BCUT2D eigenvalue weighted by Gasteiger charge is 2.44. The maximum atomic E-state index is 16.3. The Balaban J connectivity index is 0.976. The zero-order valence-corrected chi connectivity index (χ0v) is 47.0. The van der Waals surface area contributed by atoms with Crippen molar-refractivity contribution in [2.75, 3.05) is 51.3 Å². The molecular formula is C60H74F3N9O11. The summed E-state index contributed by atoms with van der Waals surface area (Å²) in [6.45, 7) is 5.22. The molecule has 3 aromatic carbocycles. The van der Waals surface area contributed by atoms with Crippen LogP contribution in [0.15, 0.2) is 91.1 Å². The van der Waals surface area contributed by atoms with Crippen molar-refractivity contribution in [2.24, 2.45) is 29.4 Å². The summed E-state index contributed by atoms with van der Waals surface area (Å²) in [7, 11) is 0. The molecule has 4 aromatic rings. The lowest BCUT2D eigenvalue weighted by atomic mass is 9.88. The largest absolute Gasteiger partial charge is 0.445 e. The highest BCUT2D eigenvalue weighted by atomic mass is 19.1. The minimum absolute atomic E-state index is 0.0946. The van der Waals surface area contributed by atoms with Crippen molar-refractivity contribution in [2.45, 2.75) is 116 Å². The maximum Gasteiger partial charge on any atom is 0.410 e. The van der Waals surface area contributed by atoms with Crippen molar-refractivity contribution in [3.8, 4) is 11.3 Å². The normalized spacial score (nSPS) is 17.7. The number of primary amides is 1. The Morgan fingerprint density at radius 2 is 1.60 bits per heavy atom. The summed E-state index contributed by atoms with van der Waals surface area (Å²) in [6, 6.07) is 16.3. The summed E-state index contributed by atoms with van der Waals surface area (Å²) in [6.07, 6.45) is 2.91. The molecule has 3 aliphatic rings. The number of alkyl halides is 1. The van der Waals surface area contributed by atoms with Gasteiger partial charge >= 0.3 is 12.1 Å². The number of Topliss-reactive ketones (excluding diaryl/α,β-unsaturated/α-hetero) is 1. The van der Waals surface area contributed by atoms with Gasteiger partial charge in [0.15, 0.2) is 5.78 Å². The number of imidazole rings is 1. The van der Waals surface area contributed by atoms with E-state index >= 15 is 8.78 Å². The van der Waals surface area contributed by atoms with E-state index in [1.807, 2.05) is 30.3 Å². The van der Waals surface area contributed by atoms with E-state index in [2.05, 4.69) is 16.0 Å². The number of amides is 8. The van der Waals surface area contributed by atoms with Gasteiger partial charge in [-0.1, -0.05) is 62.7 Å². The summed E-state index contributed by atoms with van der Waals surface area (Å²) in [5.41, 5.74) is 6.99. The lowest BCUT2D eigenvalue weighted by Gasteiger charge is -2.40. The van der Waals surface area contributed by atoms with Gasteiger partial charge in [-0.15, -0.1) is 0 Å². The van der Waals surface area contributed by atoms with Crippen molar-refractivity contribution in [1.29, 1.82) is 0 Å². The number of hydrogen-bond donors (Lipinski definition) is 5. The van der Waals surface area contributed by atoms with Crippen molar-refractivity contribution < 1.29 is 66.1 Å². The first-order chi connectivity index (χ1) is 39.8. The molecule has 2 fully saturated rings. The Morgan fingerprint density at radius 1 is 0.892 bits per heavy atom. The number of ketones is 1. The summed E-state index contributed by atoms with van der Waals surface area (Å²) in [5, 5.41) is 19.0. The molecule has 0 saturated carbocycles. The lowest BCUT2D eigenvalue weighted by Crippen LogP contribution is -2.48. The number of hydrogen-bond acceptors (Lipinski definition) is 12. The number of carbonyl (C=O) groups is 8. The van der Waals surface area contributed by atoms with Crippen molar-refractivity contribution >= 4 is 53.1 Å². The van der Waals surface area contributed by atoms with Gasteiger partial charge in [-0.3, -0.25) is 33.7 Å². The molecule has 83 heavy (non-hydrogen) atoms. The zero-order chi connectivity index (χ0) is 59.7. The number of ether oxygens (including phenoxy) is 2. The molecule has 3 aliphatic heterocycles. The first-order valence-corrected chi connectivity index (χ1v) is 28.2. The van der Waals surface area contributed by atoms with E-state index in [0.717, 1.165) is 28.7 Å². The number of aromatic nitrogens is 2. The molecule has 446 valence electrons. The van der Waals surface area contributed by atoms with Crippen molar-refractivity contribution in [3.05, 3.63) is 120 Å². The predicted octanol–water partition coefficient (Wildman–Crippen LogP) is 6.75. The highest BCUT2D eigenvalue weighted by molar-refractivity contribution is 6.12. The van der Waals surface area contributed by atoms with Crippen LogP contribution >= 0.6 is 0 Å². The minimum atomic E-state index is -1.62. The number of carbonyl (C=O) groups excluding carboxylic acids is 8. The Morgan fingerprint density at radius 3 is 2.28 bits per heavy atom. The molecule has 0 radical (unpaired) electrons. The Hall–Kier alpha value is -7.92. The van der Waals surface area contributed by atoms with E-state index in [-0.39, 0.29) is 112 Å². The molecular weight excluding hydrogens is 1080 g/mol. The monoisotopic (exact) mass is 1150 g/mol. The van der Waals surface area contributed by atoms with Crippen LogP contribution in [0.2, 0.25) is 0 Å². The first-order valence-electron chi connectivity index (χ1n) is 28.2. The van der Waals surface area contributed by atoms with E-state index < -0.39 is 71.8 Å². The number of nitrogens with one attached hydrogen (secondary N) is 3. The molecule has 7 rings (SSSR count). The number of urea groups is 1. The van der Waals surface area contributed by atoms with Gasteiger partial charge in [-0.2, -0.15) is 0 Å². The molecule has 4 heterocycles. The molecule has 0 spiro atoms. The smallest absolute Gasteiger partial charge is 0.410 e. The third-order valence-electron chi connectivity index (χ3n) is 15.2. The first kappa shape index (κ1) is 62.7. The van der Waals surface area contributed by atoms with E-state index in [1.54, 1.807) is 48.9 Å². The quantitative estimate of drug-likeness (QED) is 0.0292. The molecule has 0 unspecified atom stereocenters. The number of likely N-dealkylation sites (tertiary alicyclic amines) is 1. The van der Waals surface area contributed by atoms with Gasteiger partial charge in [0.1, 0.15) is 36.3 Å². The van der Waals surface area contributed by atoms with Crippen LogP contribution in [-0.2, 0) is 51.4 Å². The Labute approximate surface area is 480 Å². The average Bonchev–Trinajstić information content (AvgIpc) is 3.55. The van der Waals surface area contributed by atoms with Crippen LogP contribution < -0.4 is 21.7 Å². The molecule has 6 atom stereocenters. The molecule has 1 aromatic heterocycles. The maximum absolute atomic E-state index is 16.3. The average molecular weight is 1150 g/mol. The van der Waals surface area contributed by atoms with Crippen LogP contribution in [0.3, 0.4) is 0 Å². The van der Waals surface area contributed by atoms with Gasteiger partial charge in [0.25, 0.3) is 17.7 Å². The number of aliphatic hydroxyl groups excluding tert-OH is 1. The molecule has 0 bridgehead atoms. The molecule has 0 aliphatic carbocycles. The number of benzene rings is 3. The highest BCUT2D eigenvalue weighted by Crippen LogP contribution is 2.39. The second-order valence-electron chi connectivity index (χ2n) is 21.8. The molecule has 2 saturated heterocycles. The van der Waals surface area contributed by atoms with E-state index in [0.29, 0.717) is 68.8 Å². The third kappa shape index (κ3) is 17.6. The summed E-state index contributed by atoms with van der Waals surface area (Å²) >= 11 is 0. The topological polar surface area (TPSA) is 265 Å². The van der Waals surface area contributed by atoms with Gasteiger partial charge in [-0.25, -0.2) is 27.7 Å². The number of anilines is 1. The van der Waals surface area contributed by atoms with Crippen LogP contribution in [0.1, 0.15) is 102 Å². The fourth-order valence-electron chi connectivity index (χ4n) is 10.7. The van der Waals surface area contributed by atoms with Gasteiger partial charge in [0, 0.05) is 100 Å². The number of nitrogens with two attached hydrogens (primary N) is 1. The summed E-state index contributed by atoms with van der Waals surface area (Å²) < 4.78 is 59.4. The van der Waals surface area contributed by atoms with Gasteiger partial charge < -0.3 is 50.6 Å². The zero-order valence-electron chi connectivity index (χ0n) is 47.0. The van der Waals surface area contributed by atoms with Crippen molar-refractivity contribution in [3.63, 3.8) is 0 Å².